The number of rotatable bonds is 8. The molecule has 180 valence electrons. The zero-order valence-electron chi connectivity index (χ0n) is 20.4. The highest BCUT2D eigenvalue weighted by atomic mass is 16.5. The molecule has 1 saturated carbocycles. The molecule has 2 aromatic carbocycles. The number of hydrogen-bond donors (Lipinski definition) is 0. The Morgan fingerprint density at radius 2 is 1.65 bits per heavy atom. The molecule has 1 aliphatic heterocycles. The Bertz CT molecular complexity index is 1040. The van der Waals surface area contributed by atoms with Gasteiger partial charge in [0.05, 0.1) is 12.5 Å². The van der Waals surface area contributed by atoms with Gasteiger partial charge in [0, 0.05) is 32.5 Å². The van der Waals surface area contributed by atoms with Crippen molar-refractivity contribution in [1.29, 1.82) is 0 Å². The summed E-state index contributed by atoms with van der Waals surface area (Å²) in [6, 6.07) is 15.4. The van der Waals surface area contributed by atoms with Crippen LogP contribution >= 0.6 is 0 Å². The third-order valence-electron chi connectivity index (χ3n) is 7.41. The smallest absolute Gasteiger partial charge is 0.241 e. The summed E-state index contributed by atoms with van der Waals surface area (Å²) in [6.45, 7) is 2.56. The normalized spacial score (nSPS) is 20.7. The van der Waals surface area contributed by atoms with Gasteiger partial charge in [-0.3, -0.25) is 19.3 Å². The Hall–Kier alpha value is -3.15. The standard InChI is InChI=1S/C28H34N2O4/c1-4-20-9-11-21(12-10-20)19-29(2)25(31)17-28(22-13-15-24(34-3)16-14-22)18-26(32)30(27(28)33)23-7-5-6-8-23/h9-16,23H,4-8,17-19H2,1-3H3/t28-/m0/s1. The minimum atomic E-state index is -1.18. The molecular weight excluding hydrogens is 428 g/mol. The first-order valence-corrected chi connectivity index (χ1v) is 12.2. The number of carbonyl (C=O) groups excluding carboxylic acids is 3. The van der Waals surface area contributed by atoms with Crippen molar-refractivity contribution >= 4 is 17.7 Å². The lowest BCUT2D eigenvalue weighted by Gasteiger charge is -2.30. The maximum Gasteiger partial charge on any atom is 0.241 e. The Kier molecular flexibility index (Phi) is 7.05. The summed E-state index contributed by atoms with van der Waals surface area (Å²) in [4.78, 5) is 43.6. The van der Waals surface area contributed by atoms with Crippen molar-refractivity contribution in [3.8, 4) is 5.75 Å². The molecule has 0 N–H and O–H groups in total. The van der Waals surface area contributed by atoms with E-state index in [1.165, 1.54) is 10.5 Å². The Balaban J connectivity index is 1.60. The number of nitrogens with zero attached hydrogens (tertiary/aromatic N) is 2. The number of ether oxygens (including phenoxy) is 1. The highest BCUT2D eigenvalue weighted by molar-refractivity contribution is 6.11. The van der Waals surface area contributed by atoms with Gasteiger partial charge in [0.15, 0.2) is 0 Å². The van der Waals surface area contributed by atoms with Crippen LogP contribution in [0.3, 0.4) is 0 Å². The van der Waals surface area contributed by atoms with Crippen LogP contribution in [0.5, 0.6) is 5.75 Å². The Morgan fingerprint density at radius 1 is 1.03 bits per heavy atom. The second-order valence-electron chi connectivity index (χ2n) is 9.59. The molecule has 0 spiro atoms. The molecule has 1 aliphatic carbocycles. The molecule has 0 bridgehead atoms. The van der Waals surface area contributed by atoms with E-state index >= 15 is 0 Å². The van der Waals surface area contributed by atoms with E-state index in [0.717, 1.165) is 37.7 Å². The van der Waals surface area contributed by atoms with Crippen LogP contribution in [-0.4, -0.2) is 47.7 Å². The van der Waals surface area contributed by atoms with Gasteiger partial charge in [-0.1, -0.05) is 56.2 Å². The van der Waals surface area contributed by atoms with Crippen LogP contribution in [-0.2, 0) is 32.8 Å². The molecule has 2 fully saturated rings. The van der Waals surface area contributed by atoms with E-state index < -0.39 is 5.41 Å². The molecule has 3 amide bonds. The molecule has 0 aromatic heterocycles. The number of imide groups is 1. The van der Waals surface area contributed by atoms with Gasteiger partial charge in [-0.2, -0.15) is 0 Å². The first-order chi connectivity index (χ1) is 16.4. The predicted octanol–water partition coefficient (Wildman–Crippen LogP) is 4.25. The van der Waals surface area contributed by atoms with Crippen LogP contribution in [0.25, 0.3) is 0 Å². The number of hydrogen-bond acceptors (Lipinski definition) is 4. The Morgan fingerprint density at radius 3 is 2.24 bits per heavy atom. The van der Waals surface area contributed by atoms with Gasteiger partial charge in [0.2, 0.25) is 17.7 Å². The summed E-state index contributed by atoms with van der Waals surface area (Å²) in [5, 5.41) is 0. The predicted molar refractivity (Wildman–Crippen MR) is 130 cm³/mol. The van der Waals surface area contributed by atoms with Crippen LogP contribution in [0.1, 0.15) is 62.1 Å². The summed E-state index contributed by atoms with van der Waals surface area (Å²) >= 11 is 0. The summed E-state index contributed by atoms with van der Waals surface area (Å²) in [6.07, 6.45) is 4.70. The first-order valence-electron chi connectivity index (χ1n) is 12.2. The highest BCUT2D eigenvalue weighted by Gasteiger charge is 2.55. The van der Waals surface area contributed by atoms with Gasteiger partial charge < -0.3 is 9.64 Å². The van der Waals surface area contributed by atoms with E-state index in [1.807, 2.05) is 24.3 Å². The van der Waals surface area contributed by atoms with Gasteiger partial charge in [-0.05, 0) is 48.1 Å². The van der Waals surface area contributed by atoms with E-state index in [4.69, 9.17) is 4.74 Å². The summed E-state index contributed by atoms with van der Waals surface area (Å²) in [5.74, 6) is 0.119. The summed E-state index contributed by atoms with van der Waals surface area (Å²) in [5.41, 5.74) is 1.80. The molecule has 2 aromatic rings. The minimum Gasteiger partial charge on any atom is -0.497 e. The first kappa shape index (κ1) is 24.0. The summed E-state index contributed by atoms with van der Waals surface area (Å²) < 4.78 is 5.28. The number of benzene rings is 2. The molecule has 1 heterocycles. The van der Waals surface area contributed by atoms with Gasteiger partial charge >= 0.3 is 0 Å². The van der Waals surface area contributed by atoms with E-state index in [0.29, 0.717) is 17.9 Å². The number of carbonyl (C=O) groups is 3. The second kappa shape index (κ2) is 10.00. The van der Waals surface area contributed by atoms with Crippen LogP contribution in [0.4, 0.5) is 0 Å². The van der Waals surface area contributed by atoms with Gasteiger partial charge in [0.25, 0.3) is 0 Å². The van der Waals surface area contributed by atoms with Gasteiger partial charge in [-0.25, -0.2) is 0 Å². The van der Waals surface area contributed by atoms with Gasteiger partial charge in [0.1, 0.15) is 5.75 Å². The third kappa shape index (κ3) is 4.59. The molecular formula is C28H34N2O4. The van der Waals surface area contributed by atoms with E-state index in [1.54, 1.807) is 31.2 Å². The molecule has 6 heteroatoms. The number of methoxy groups -OCH3 is 1. The lowest BCUT2D eigenvalue weighted by molar-refractivity contribution is -0.144. The minimum absolute atomic E-state index is 0.0272. The number of amides is 3. The average molecular weight is 463 g/mol. The lowest BCUT2D eigenvalue weighted by Crippen LogP contribution is -2.45. The van der Waals surface area contributed by atoms with Gasteiger partial charge in [-0.15, -0.1) is 0 Å². The van der Waals surface area contributed by atoms with Crippen molar-refractivity contribution in [2.75, 3.05) is 14.2 Å². The van der Waals surface area contributed by atoms with E-state index in [-0.39, 0.29) is 36.6 Å². The fourth-order valence-electron chi connectivity index (χ4n) is 5.31. The molecule has 2 aliphatic rings. The monoisotopic (exact) mass is 462 g/mol. The third-order valence-corrected chi connectivity index (χ3v) is 7.41. The zero-order valence-corrected chi connectivity index (χ0v) is 20.4. The Labute approximate surface area is 201 Å². The molecule has 4 rings (SSSR count). The second-order valence-corrected chi connectivity index (χ2v) is 9.59. The molecule has 0 unspecified atom stereocenters. The van der Waals surface area contributed by atoms with Crippen LogP contribution < -0.4 is 4.74 Å². The maximum atomic E-state index is 13.9. The van der Waals surface area contributed by atoms with E-state index in [2.05, 4.69) is 19.1 Å². The maximum absolute atomic E-state index is 13.9. The van der Waals surface area contributed by atoms with Crippen molar-refractivity contribution in [3.05, 3.63) is 65.2 Å². The van der Waals surface area contributed by atoms with E-state index in [9.17, 15) is 14.4 Å². The fraction of sp³-hybridized carbons (Fsp3) is 0.464. The number of likely N-dealkylation sites (tertiary alicyclic amines) is 1. The molecule has 1 saturated heterocycles. The van der Waals surface area contributed by atoms with Crippen LogP contribution in [0.2, 0.25) is 0 Å². The highest BCUT2D eigenvalue weighted by Crippen LogP contribution is 2.43. The van der Waals surface area contributed by atoms with Crippen molar-refractivity contribution in [1.82, 2.24) is 9.80 Å². The molecule has 6 nitrogen and oxygen atoms in total. The fourth-order valence-corrected chi connectivity index (χ4v) is 5.31. The quantitative estimate of drug-likeness (QED) is 0.550. The van der Waals surface area contributed by atoms with Crippen LogP contribution in [0, 0.1) is 0 Å². The summed E-state index contributed by atoms with van der Waals surface area (Å²) in [7, 11) is 3.34. The largest absolute Gasteiger partial charge is 0.497 e. The molecule has 1 atom stereocenters. The van der Waals surface area contributed by atoms with Crippen molar-refractivity contribution < 1.29 is 19.1 Å². The number of aryl methyl sites for hydroxylation is 1. The van der Waals surface area contributed by atoms with Crippen molar-refractivity contribution in [3.63, 3.8) is 0 Å². The lowest BCUT2D eigenvalue weighted by atomic mass is 9.75. The SMILES string of the molecule is CCc1ccc(CN(C)C(=O)C[C@@]2(c3ccc(OC)cc3)CC(=O)N(C3CCCC3)C2=O)cc1. The molecule has 0 radical (unpaired) electrons. The topological polar surface area (TPSA) is 66.9 Å². The average Bonchev–Trinajstić information content (AvgIpc) is 3.46. The van der Waals surface area contributed by atoms with Crippen molar-refractivity contribution in [2.24, 2.45) is 0 Å². The van der Waals surface area contributed by atoms with Crippen molar-refractivity contribution in [2.45, 2.75) is 69.9 Å². The zero-order chi connectivity index (χ0) is 24.3. The molecule has 34 heavy (non-hydrogen) atoms. The van der Waals surface area contributed by atoms with Crippen LogP contribution in [0.15, 0.2) is 48.5 Å².